The van der Waals surface area contributed by atoms with E-state index in [4.69, 9.17) is 0 Å². The summed E-state index contributed by atoms with van der Waals surface area (Å²) in [5.74, 6) is -1.31. The highest BCUT2D eigenvalue weighted by Gasteiger charge is 2.35. The largest absolute Gasteiger partial charge is 0.326 e. The van der Waals surface area contributed by atoms with Gasteiger partial charge < -0.3 is 5.32 Å². The Morgan fingerprint density at radius 1 is 1.07 bits per heavy atom. The summed E-state index contributed by atoms with van der Waals surface area (Å²) in [7, 11) is 0. The van der Waals surface area contributed by atoms with E-state index in [-0.39, 0.29) is 29.2 Å². The Bertz CT molecular complexity index is 898. The van der Waals surface area contributed by atoms with Crippen LogP contribution in [0.4, 0.5) is 20.2 Å². The molecule has 0 aromatic heterocycles. The number of hydrogen-bond donors (Lipinski definition) is 1. The van der Waals surface area contributed by atoms with Crippen LogP contribution in [0.2, 0.25) is 0 Å². The number of carbonyl (C=O) groups excluding carboxylic acids is 2. The van der Waals surface area contributed by atoms with Crippen molar-refractivity contribution in [1.29, 1.82) is 0 Å². The van der Waals surface area contributed by atoms with Crippen LogP contribution in [0.1, 0.15) is 36.6 Å². The fourth-order valence-corrected chi connectivity index (χ4v) is 4.94. The molecule has 0 spiro atoms. The predicted octanol–water partition coefficient (Wildman–Crippen LogP) is 4.87. The van der Waals surface area contributed by atoms with E-state index in [0.29, 0.717) is 5.69 Å². The van der Waals surface area contributed by atoms with Crippen LogP contribution in [0, 0.1) is 17.6 Å². The van der Waals surface area contributed by atoms with Crippen molar-refractivity contribution in [3.8, 4) is 0 Å². The zero-order valence-electron chi connectivity index (χ0n) is 15.2. The van der Waals surface area contributed by atoms with Gasteiger partial charge in [0.1, 0.15) is 17.0 Å². The molecule has 2 amide bonds. The molecule has 1 aliphatic carbocycles. The summed E-state index contributed by atoms with van der Waals surface area (Å²) in [5.41, 5.74) is 1.59. The average molecular weight is 402 g/mol. The number of thioether (sulfide) groups is 1. The minimum atomic E-state index is -0.763. The molecular formula is C21H20F2N2O2S. The molecule has 2 aliphatic rings. The van der Waals surface area contributed by atoms with Gasteiger partial charge in [-0.15, -0.1) is 11.8 Å². The van der Waals surface area contributed by atoms with Crippen molar-refractivity contribution in [3.05, 3.63) is 59.7 Å². The van der Waals surface area contributed by atoms with Gasteiger partial charge in [-0.25, -0.2) is 8.78 Å². The molecule has 2 aromatic rings. The second-order valence-electron chi connectivity index (χ2n) is 7.12. The highest BCUT2D eigenvalue weighted by molar-refractivity contribution is 8.00. The molecule has 1 saturated heterocycles. The van der Waals surface area contributed by atoms with E-state index in [2.05, 4.69) is 5.32 Å². The smallest absolute Gasteiger partial charge is 0.238 e. The Hall–Kier alpha value is -2.41. The number of benzene rings is 2. The molecule has 28 heavy (non-hydrogen) atoms. The first kappa shape index (κ1) is 18.9. The second-order valence-corrected chi connectivity index (χ2v) is 8.18. The molecule has 1 saturated carbocycles. The summed E-state index contributed by atoms with van der Waals surface area (Å²) in [5, 5.41) is 2.54. The van der Waals surface area contributed by atoms with Gasteiger partial charge in [0.25, 0.3) is 0 Å². The van der Waals surface area contributed by atoms with Crippen LogP contribution in [0.5, 0.6) is 0 Å². The normalized spacial score (nSPS) is 20.0. The minimum Gasteiger partial charge on any atom is -0.326 e. The lowest BCUT2D eigenvalue weighted by atomic mass is 10.1. The van der Waals surface area contributed by atoms with Crippen molar-refractivity contribution >= 4 is 35.0 Å². The number of rotatable bonds is 4. The van der Waals surface area contributed by atoms with Gasteiger partial charge in [0.15, 0.2) is 0 Å². The molecule has 1 N–H and O–H groups in total. The predicted molar refractivity (Wildman–Crippen MR) is 106 cm³/mol. The molecule has 1 atom stereocenters. The van der Waals surface area contributed by atoms with Crippen LogP contribution < -0.4 is 10.2 Å². The van der Waals surface area contributed by atoms with E-state index < -0.39 is 17.0 Å². The Morgan fingerprint density at radius 2 is 1.79 bits per heavy atom. The van der Waals surface area contributed by atoms with Crippen LogP contribution >= 0.6 is 11.8 Å². The Labute approximate surface area is 166 Å². The lowest BCUT2D eigenvalue weighted by Crippen LogP contribution is -2.28. The first-order valence-electron chi connectivity index (χ1n) is 9.32. The van der Waals surface area contributed by atoms with E-state index in [1.54, 1.807) is 12.1 Å². The topological polar surface area (TPSA) is 49.4 Å². The third kappa shape index (κ3) is 3.76. The van der Waals surface area contributed by atoms with Crippen molar-refractivity contribution in [2.45, 2.75) is 31.1 Å². The number of nitrogens with zero attached hydrogens (tertiary/aromatic N) is 1. The number of nitrogens with one attached hydrogen (secondary N) is 1. The summed E-state index contributed by atoms with van der Waals surface area (Å²) < 4.78 is 27.5. The monoisotopic (exact) mass is 402 g/mol. The summed E-state index contributed by atoms with van der Waals surface area (Å²) in [6.07, 6.45) is 4.06. The van der Waals surface area contributed by atoms with Gasteiger partial charge in [-0.1, -0.05) is 25.0 Å². The van der Waals surface area contributed by atoms with Crippen molar-refractivity contribution in [1.82, 2.24) is 0 Å². The fraction of sp³-hybridized carbons (Fsp3) is 0.333. The highest BCUT2D eigenvalue weighted by atomic mass is 32.2. The lowest BCUT2D eigenvalue weighted by Gasteiger charge is -2.25. The van der Waals surface area contributed by atoms with E-state index >= 15 is 0 Å². The number of halogens is 2. The molecule has 1 aliphatic heterocycles. The standard InChI is InChI=1S/C21H20F2N2O2S/c22-15-7-10-18(17(23)11-15)25-19(26)12-28-21(25)14-5-8-16(9-6-14)24-20(27)13-3-1-2-4-13/h5-11,13,21H,1-4,12H2,(H,24,27)/t21-/m0/s1. The van der Waals surface area contributed by atoms with Gasteiger partial charge in [-0.05, 0) is 42.7 Å². The van der Waals surface area contributed by atoms with E-state index in [0.717, 1.165) is 43.4 Å². The molecule has 4 nitrogen and oxygen atoms in total. The maximum absolute atomic E-state index is 14.2. The molecule has 0 bridgehead atoms. The minimum absolute atomic E-state index is 0.0469. The van der Waals surface area contributed by atoms with E-state index in [1.165, 1.54) is 22.7 Å². The lowest BCUT2D eigenvalue weighted by molar-refractivity contribution is -0.119. The first-order chi connectivity index (χ1) is 13.5. The summed E-state index contributed by atoms with van der Waals surface area (Å²) in [6.45, 7) is 0. The molecule has 0 unspecified atom stereocenters. The van der Waals surface area contributed by atoms with Crippen LogP contribution in [0.15, 0.2) is 42.5 Å². The summed E-state index contributed by atoms with van der Waals surface area (Å²) in [6, 6.07) is 10.5. The number of anilines is 2. The Morgan fingerprint density at radius 3 is 2.46 bits per heavy atom. The highest BCUT2D eigenvalue weighted by Crippen LogP contribution is 2.42. The molecule has 2 aromatic carbocycles. The second kappa shape index (κ2) is 7.91. The van der Waals surface area contributed by atoms with E-state index in [9.17, 15) is 18.4 Å². The maximum atomic E-state index is 14.2. The van der Waals surface area contributed by atoms with Gasteiger partial charge in [0.05, 0.1) is 11.4 Å². The van der Waals surface area contributed by atoms with Crippen LogP contribution in [-0.4, -0.2) is 17.6 Å². The quantitative estimate of drug-likeness (QED) is 0.794. The molecule has 2 fully saturated rings. The van der Waals surface area contributed by atoms with Crippen molar-refractivity contribution in [2.24, 2.45) is 5.92 Å². The molecule has 0 radical (unpaired) electrons. The molecule has 1 heterocycles. The van der Waals surface area contributed by atoms with Gasteiger partial charge in [-0.3, -0.25) is 14.5 Å². The van der Waals surface area contributed by atoms with Gasteiger partial charge in [-0.2, -0.15) is 0 Å². The number of carbonyl (C=O) groups is 2. The Balaban J connectivity index is 1.52. The SMILES string of the molecule is O=C(Nc1ccc([C@@H]2SCC(=O)N2c2ccc(F)cc2F)cc1)C1CCCC1. The Kier molecular flexibility index (Phi) is 5.35. The van der Waals surface area contributed by atoms with Gasteiger partial charge >= 0.3 is 0 Å². The van der Waals surface area contributed by atoms with Gasteiger partial charge in [0, 0.05) is 17.7 Å². The fourth-order valence-electron chi connectivity index (χ4n) is 3.77. The summed E-state index contributed by atoms with van der Waals surface area (Å²) in [4.78, 5) is 26.0. The summed E-state index contributed by atoms with van der Waals surface area (Å²) >= 11 is 1.39. The third-order valence-electron chi connectivity index (χ3n) is 5.23. The van der Waals surface area contributed by atoms with Crippen LogP contribution in [0.3, 0.4) is 0 Å². The van der Waals surface area contributed by atoms with Crippen LogP contribution in [-0.2, 0) is 9.59 Å². The molecule has 146 valence electrons. The zero-order chi connectivity index (χ0) is 19.7. The number of amides is 2. The van der Waals surface area contributed by atoms with Crippen molar-refractivity contribution < 1.29 is 18.4 Å². The average Bonchev–Trinajstić information content (AvgIpc) is 3.33. The number of hydrogen-bond acceptors (Lipinski definition) is 3. The zero-order valence-corrected chi connectivity index (χ0v) is 16.0. The van der Waals surface area contributed by atoms with Crippen molar-refractivity contribution in [2.75, 3.05) is 16.0 Å². The van der Waals surface area contributed by atoms with Crippen LogP contribution in [0.25, 0.3) is 0 Å². The molecule has 7 heteroatoms. The maximum Gasteiger partial charge on any atom is 0.238 e. The first-order valence-corrected chi connectivity index (χ1v) is 10.4. The molecule has 4 rings (SSSR count). The van der Waals surface area contributed by atoms with Crippen molar-refractivity contribution in [3.63, 3.8) is 0 Å². The van der Waals surface area contributed by atoms with Gasteiger partial charge in [0.2, 0.25) is 11.8 Å². The molecular weight excluding hydrogens is 382 g/mol. The van der Waals surface area contributed by atoms with E-state index in [1.807, 2.05) is 12.1 Å². The third-order valence-corrected chi connectivity index (χ3v) is 6.44.